The first kappa shape index (κ1) is 20.9. The van der Waals surface area contributed by atoms with Crippen LogP contribution in [0.2, 0.25) is 0 Å². The summed E-state index contributed by atoms with van der Waals surface area (Å²) in [5.74, 6) is -2.24. The van der Waals surface area contributed by atoms with Gasteiger partial charge in [-0.05, 0) is 0 Å². The largest absolute Gasteiger partial charge is 0.394 e. The lowest BCUT2D eigenvalue weighted by atomic mass is 9.96. The molecule has 0 aromatic heterocycles. The third-order valence-corrected chi connectivity index (χ3v) is 5.42. The summed E-state index contributed by atoms with van der Waals surface area (Å²) >= 11 is 17.5. The maximum atomic E-state index is 10.2. The minimum Gasteiger partial charge on any atom is -0.394 e. The Balaban J connectivity index is 2.18. The monoisotopic (exact) mass is 410 g/mol. The van der Waals surface area contributed by atoms with Gasteiger partial charge in [-0.2, -0.15) is 0 Å². The summed E-state index contributed by atoms with van der Waals surface area (Å²) in [5.41, 5.74) is 0. The quantitative estimate of drug-likeness (QED) is 0.354. The number of ether oxygens (including phenoxy) is 3. The molecule has 2 rings (SSSR count). The topological polar surface area (TPSA) is 129 Å². The second-order valence-corrected chi connectivity index (χ2v) is 6.92. The first-order chi connectivity index (χ1) is 11.3. The van der Waals surface area contributed by atoms with E-state index in [-0.39, 0.29) is 18.2 Å². The highest BCUT2D eigenvalue weighted by atomic mass is 35.5. The first-order valence-corrected chi connectivity index (χ1v) is 8.90. The Kier molecular flexibility index (Phi) is 7.38. The Morgan fingerprint density at radius 2 is 1.75 bits per heavy atom. The number of aliphatic hydroxyl groups is 5. The predicted octanol–water partition coefficient (Wildman–Crippen LogP) is -1.27. The number of rotatable bonds is 5. The average Bonchev–Trinajstić information content (AvgIpc) is 2.57. The lowest BCUT2D eigenvalue weighted by molar-refractivity contribution is -0.393. The molecule has 11 heteroatoms. The van der Waals surface area contributed by atoms with Gasteiger partial charge in [0.15, 0.2) is 6.29 Å². The third-order valence-electron chi connectivity index (χ3n) is 4.21. The highest BCUT2D eigenvalue weighted by Gasteiger charge is 2.53. The summed E-state index contributed by atoms with van der Waals surface area (Å²) < 4.78 is 16.4. The van der Waals surface area contributed by atoms with Gasteiger partial charge in [0.05, 0.1) is 29.8 Å². The highest BCUT2D eigenvalue weighted by molar-refractivity contribution is 6.21. The van der Waals surface area contributed by atoms with Crippen molar-refractivity contribution in [3.05, 3.63) is 0 Å². The minimum atomic E-state index is -1.81. The second-order valence-electron chi connectivity index (χ2n) is 5.84. The molecule has 0 amide bonds. The van der Waals surface area contributed by atoms with Crippen LogP contribution in [0.1, 0.15) is 6.42 Å². The van der Waals surface area contributed by atoms with E-state index in [1.54, 1.807) is 0 Å². The molecule has 2 aliphatic heterocycles. The summed E-state index contributed by atoms with van der Waals surface area (Å²) in [4.78, 5) is 0. The van der Waals surface area contributed by atoms with Crippen LogP contribution in [0.25, 0.3) is 0 Å². The molecule has 0 saturated carbocycles. The molecule has 0 radical (unpaired) electrons. The molecular formula is C13H21Cl3O8. The molecule has 9 atom stereocenters. The number of hydrogen-bond acceptors (Lipinski definition) is 8. The predicted molar refractivity (Wildman–Crippen MR) is 84.2 cm³/mol. The van der Waals surface area contributed by atoms with Crippen molar-refractivity contribution in [3.63, 3.8) is 0 Å². The molecule has 24 heavy (non-hydrogen) atoms. The van der Waals surface area contributed by atoms with Crippen molar-refractivity contribution in [3.8, 4) is 0 Å². The maximum Gasteiger partial charge on any atom is 0.211 e. The van der Waals surface area contributed by atoms with Crippen LogP contribution in [0.3, 0.4) is 0 Å². The van der Waals surface area contributed by atoms with Crippen molar-refractivity contribution in [2.75, 3.05) is 18.4 Å². The van der Waals surface area contributed by atoms with E-state index in [2.05, 4.69) is 0 Å². The number of aliphatic hydroxyl groups excluding tert-OH is 5. The van der Waals surface area contributed by atoms with E-state index in [1.165, 1.54) is 0 Å². The fourth-order valence-corrected chi connectivity index (χ4v) is 3.56. The summed E-state index contributed by atoms with van der Waals surface area (Å²) in [6.07, 6.45) is -8.79. The van der Waals surface area contributed by atoms with Gasteiger partial charge in [0.2, 0.25) is 5.79 Å². The van der Waals surface area contributed by atoms with E-state index >= 15 is 0 Å². The molecule has 2 saturated heterocycles. The van der Waals surface area contributed by atoms with E-state index < -0.39 is 60.7 Å². The second kappa shape index (κ2) is 8.49. The molecule has 0 aromatic carbocycles. The molecule has 0 spiro atoms. The Hall–Kier alpha value is 0.550. The van der Waals surface area contributed by atoms with Crippen LogP contribution in [-0.2, 0) is 14.2 Å². The van der Waals surface area contributed by atoms with Gasteiger partial charge in [-0.25, -0.2) is 0 Å². The zero-order chi connectivity index (χ0) is 18.1. The molecule has 0 aliphatic carbocycles. The van der Waals surface area contributed by atoms with Gasteiger partial charge in [0.25, 0.3) is 0 Å². The van der Waals surface area contributed by atoms with E-state index in [0.29, 0.717) is 0 Å². The van der Waals surface area contributed by atoms with E-state index in [9.17, 15) is 25.5 Å². The van der Waals surface area contributed by atoms with E-state index in [0.717, 1.165) is 0 Å². The van der Waals surface area contributed by atoms with Crippen molar-refractivity contribution in [2.24, 2.45) is 0 Å². The molecular weight excluding hydrogens is 390 g/mol. The minimum absolute atomic E-state index is 0.0738. The maximum absolute atomic E-state index is 10.2. The molecule has 2 fully saturated rings. The van der Waals surface area contributed by atoms with Gasteiger partial charge >= 0.3 is 0 Å². The van der Waals surface area contributed by atoms with Crippen molar-refractivity contribution in [1.82, 2.24) is 0 Å². The highest BCUT2D eigenvalue weighted by Crippen LogP contribution is 2.36. The van der Waals surface area contributed by atoms with Crippen molar-refractivity contribution in [1.29, 1.82) is 0 Å². The van der Waals surface area contributed by atoms with Crippen LogP contribution in [0.15, 0.2) is 0 Å². The van der Waals surface area contributed by atoms with Crippen LogP contribution >= 0.6 is 34.8 Å². The number of alkyl halides is 3. The van der Waals surface area contributed by atoms with Crippen LogP contribution in [0.4, 0.5) is 0 Å². The first-order valence-electron chi connectivity index (χ1n) is 7.39. The summed E-state index contributed by atoms with van der Waals surface area (Å²) in [5, 5.41) is 48.4. The molecule has 4 unspecified atom stereocenters. The normalized spacial score (nSPS) is 50.0. The van der Waals surface area contributed by atoms with E-state index in [1.807, 2.05) is 0 Å². The Morgan fingerprint density at radius 3 is 2.29 bits per heavy atom. The van der Waals surface area contributed by atoms with Crippen LogP contribution in [0.5, 0.6) is 0 Å². The zero-order valence-electron chi connectivity index (χ0n) is 12.5. The Morgan fingerprint density at radius 1 is 1.08 bits per heavy atom. The van der Waals surface area contributed by atoms with Crippen LogP contribution in [0, 0.1) is 0 Å². The van der Waals surface area contributed by atoms with Gasteiger partial charge in [-0.15, -0.1) is 34.8 Å². The molecule has 142 valence electrons. The summed E-state index contributed by atoms with van der Waals surface area (Å²) in [6, 6.07) is 0. The Labute approximate surface area is 153 Å². The van der Waals surface area contributed by atoms with Gasteiger partial charge in [-0.3, -0.25) is 0 Å². The zero-order valence-corrected chi connectivity index (χ0v) is 14.8. The molecule has 0 bridgehead atoms. The lowest BCUT2D eigenvalue weighted by Crippen LogP contribution is -2.65. The van der Waals surface area contributed by atoms with Gasteiger partial charge < -0.3 is 39.7 Å². The fourth-order valence-electron chi connectivity index (χ4n) is 2.70. The van der Waals surface area contributed by atoms with Crippen LogP contribution in [-0.4, -0.2) is 98.0 Å². The lowest BCUT2D eigenvalue weighted by Gasteiger charge is -2.48. The van der Waals surface area contributed by atoms with Crippen LogP contribution < -0.4 is 0 Å². The van der Waals surface area contributed by atoms with E-state index in [4.69, 9.17) is 49.0 Å². The van der Waals surface area contributed by atoms with Gasteiger partial charge in [0, 0.05) is 6.42 Å². The third kappa shape index (κ3) is 3.94. The smallest absolute Gasteiger partial charge is 0.211 e. The number of halogens is 3. The summed E-state index contributed by atoms with van der Waals surface area (Å²) in [7, 11) is 0. The van der Waals surface area contributed by atoms with Crippen molar-refractivity contribution < 1.29 is 39.7 Å². The number of hydrogen-bond donors (Lipinski definition) is 5. The fraction of sp³-hybridized carbons (Fsp3) is 1.00. The summed E-state index contributed by atoms with van der Waals surface area (Å²) in [6.45, 7) is -0.516. The molecule has 8 nitrogen and oxygen atoms in total. The average molecular weight is 412 g/mol. The van der Waals surface area contributed by atoms with Gasteiger partial charge in [-0.1, -0.05) is 0 Å². The molecule has 0 aromatic rings. The van der Waals surface area contributed by atoms with Crippen molar-refractivity contribution >= 4 is 34.8 Å². The Bertz CT molecular complexity index is 417. The standard InChI is InChI=1S/C13H21Cl3O8/c14-2-6-5(18)1-8(19)13(4-15,23-6)24-12-11(21)10(20)9(16)7(3-17)22-12/h5-12,17-21H,1-4H2/t5?,6-,7?,8-,9+,10?,11?,12+,13+/m1/s1. The van der Waals surface area contributed by atoms with Gasteiger partial charge in [0.1, 0.15) is 30.5 Å². The SMILES string of the molecule is OCC1O[C@@H](O[C@]2(CCl)O[C@H](CCl)C(O)C[C@H]2O)C(O)C(O)[C@H]1Cl. The molecule has 2 heterocycles. The van der Waals surface area contributed by atoms with Crippen molar-refractivity contribution in [2.45, 2.75) is 60.5 Å². The molecule has 5 N–H and O–H groups in total. The molecule has 2 aliphatic rings.